The molecular formula is C55H30N4O2S. The highest BCUT2D eigenvalue weighted by atomic mass is 32.1. The molecule has 0 saturated carbocycles. The van der Waals surface area contributed by atoms with Crippen molar-refractivity contribution in [1.29, 1.82) is 0 Å². The zero-order valence-corrected chi connectivity index (χ0v) is 33.7. The molecule has 0 fully saturated rings. The van der Waals surface area contributed by atoms with E-state index in [1.165, 1.54) is 26.2 Å². The molecule has 0 atom stereocenters. The largest absolute Gasteiger partial charge is 0.456 e. The van der Waals surface area contributed by atoms with Gasteiger partial charge in [-0.15, -0.1) is 11.3 Å². The minimum atomic E-state index is 0.532. The number of hydrogen-bond acceptors (Lipinski definition) is 6. The quantitative estimate of drug-likeness (QED) is 0.177. The lowest BCUT2D eigenvalue weighted by Gasteiger charge is -2.16. The first-order valence-corrected chi connectivity index (χ1v) is 21.5. The smallest absolute Gasteiger partial charge is 0.167 e. The Morgan fingerprint density at radius 2 is 1.00 bits per heavy atom. The van der Waals surface area contributed by atoms with Gasteiger partial charge < -0.3 is 13.4 Å². The number of thiophene rings is 1. The third-order valence-corrected chi connectivity index (χ3v) is 13.7. The van der Waals surface area contributed by atoms with Crippen LogP contribution in [0.4, 0.5) is 0 Å². The maximum atomic E-state index is 6.64. The van der Waals surface area contributed by atoms with Gasteiger partial charge in [0, 0.05) is 58.2 Å². The highest BCUT2D eigenvalue weighted by molar-refractivity contribution is 7.26. The van der Waals surface area contributed by atoms with Crippen molar-refractivity contribution in [1.82, 2.24) is 19.5 Å². The van der Waals surface area contributed by atoms with Crippen molar-refractivity contribution in [3.05, 3.63) is 182 Å². The Kier molecular flexibility index (Phi) is 6.89. The van der Waals surface area contributed by atoms with Crippen LogP contribution in [0.5, 0.6) is 0 Å². The standard InChI is InChI=1S/C55H30N4O2S/c1-2-14-32-30-44-42(29-31(32)13-1)33-15-3-7-23-43(33)59(44)50-39(27-28-47-49(50)38-18-5-9-25-46(38)60-47)53-56-54(40-21-11-19-36-34-16-4-8-24-45(34)61-51(36)40)58-55(57-53)41-22-12-20-37-35-17-6-10-26-48(35)62-52(37)41/h1-30H. The lowest BCUT2D eigenvalue weighted by Crippen LogP contribution is -2.04. The van der Waals surface area contributed by atoms with Gasteiger partial charge in [0.2, 0.25) is 0 Å². The Bertz CT molecular complexity index is 4060. The third-order valence-electron chi connectivity index (χ3n) is 12.4. The number of para-hydroxylation sites is 4. The topological polar surface area (TPSA) is 69.9 Å². The van der Waals surface area contributed by atoms with Crippen molar-refractivity contribution in [3.8, 4) is 39.9 Å². The van der Waals surface area contributed by atoms with E-state index < -0.39 is 0 Å². The van der Waals surface area contributed by atoms with Crippen molar-refractivity contribution in [2.45, 2.75) is 0 Å². The summed E-state index contributed by atoms with van der Waals surface area (Å²) < 4.78 is 18.0. The predicted molar refractivity (Wildman–Crippen MR) is 255 cm³/mol. The second-order valence-corrected chi connectivity index (χ2v) is 16.9. The number of aromatic nitrogens is 4. The van der Waals surface area contributed by atoms with E-state index in [1.54, 1.807) is 11.3 Å². The van der Waals surface area contributed by atoms with E-state index in [4.69, 9.17) is 23.8 Å². The van der Waals surface area contributed by atoms with E-state index in [2.05, 4.69) is 156 Å². The number of furan rings is 2. The maximum Gasteiger partial charge on any atom is 0.167 e. The van der Waals surface area contributed by atoms with Crippen molar-refractivity contribution < 1.29 is 8.83 Å². The molecule has 0 saturated heterocycles. The van der Waals surface area contributed by atoms with Crippen LogP contribution < -0.4 is 0 Å². The zero-order chi connectivity index (χ0) is 40.5. The van der Waals surface area contributed by atoms with E-state index in [-0.39, 0.29) is 0 Å². The normalized spacial score (nSPS) is 12.2. The molecule has 0 bridgehead atoms. The molecule has 0 aliphatic rings. The molecule has 14 aromatic rings. The molecule has 0 aliphatic heterocycles. The fourth-order valence-electron chi connectivity index (χ4n) is 9.69. The molecule has 6 nitrogen and oxygen atoms in total. The fourth-order valence-corrected chi connectivity index (χ4v) is 10.9. The van der Waals surface area contributed by atoms with Gasteiger partial charge in [0.25, 0.3) is 0 Å². The molecule has 0 amide bonds. The van der Waals surface area contributed by atoms with E-state index >= 15 is 0 Å². The summed E-state index contributed by atoms with van der Waals surface area (Å²) in [6.45, 7) is 0. The molecule has 5 heterocycles. The van der Waals surface area contributed by atoms with Crippen LogP contribution in [0, 0.1) is 0 Å². The molecule has 0 unspecified atom stereocenters. The Hall–Kier alpha value is -8.13. The summed E-state index contributed by atoms with van der Waals surface area (Å²) >= 11 is 1.77. The Morgan fingerprint density at radius 1 is 0.387 bits per heavy atom. The molecule has 0 aliphatic carbocycles. The number of benzene rings is 9. The predicted octanol–water partition coefficient (Wildman–Crippen LogP) is 15.3. The van der Waals surface area contributed by atoms with E-state index in [0.717, 1.165) is 92.8 Å². The summed E-state index contributed by atoms with van der Waals surface area (Å²) in [5, 5.41) is 11.1. The van der Waals surface area contributed by atoms with Crippen molar-refractivity contribution >= 4 is 108 Å². The lowest BCUT2D eigenvalue weighted by atomic mass is 10.0. The molecule has 9 aromatic carbocycles. The van der Waals surface area contributed by atoms with Gasteiger partial charge in [-0.25, -0.2) is 15.0 Å². The van der Waals surface area contributed by atoms with Crippen LogP contribution in [0.1, 0.15) is 0 Å². The van der Waals surface area contributed by atoms with Gasteiger partial charge in [-0.1, -0.05) is 121 Å². The summed E-state index contributed by atoms with van der Waals surface area (Å²) in [6, 6.07) is 63.7. The van der Waals surface area contributed by atoms with Gasteiger partial charge in [0.1, 0.15) is 22.3 Å². The van der Waals surface area contributed by atoms with Crippen LogP contribution in [0.25, 0.3) is 136 Å². The number of fused-ring (bicyclic) bond motifs is 13. The summed E-state index contributed by atoms with van der Waals surface area (Å²) in [5.74, 6) is 1.67. The first-order chi connectivity index (χ1) is 30.7. The van der Waals surface area contributed by atoms with Gasteiger partial charge in [-0.05, 0) is 71.4 Å². The van der Waals surface area contributed by atoms with Crippen molar-refractivity contribution in [2.75, 3.05) is 0 Å². The van der Waals surface area contributed by atoms with E-state index in [9.17, 15) is 0 Å². The van der Waals surface area contributed by atoms with Crippen LogP contribution in [-0.2, 0) is 0 Å². The summed E-state index contributed by atoms with van der Waals surface area (Å²) in [7, 11) is 0. The maximum absolute atomic E-state index is 6.64. The summed E-state index contributed by atoms with van der Waals surface area (Å²) in [4.78, 5) is 16.3. The highest BCUT2D eigenvalue weighted by Gasteiger charge is 2.26. The number of nitrogens with zero attached hydrogens (tertiary/aromatic N) is 4. The average Bonchev–Trinajstić information content (AvgIpc) is 4.09. The molecular weight excluding hydrogens is 781 g/mol. The van der Waals surface area contributed by atoms with Gasteiger partial charge in [-0.3, -0.25) is 0 Å². The van der Waals surface area contributed by atoms with E-state index in [0.29, 0.717) is 17.5 Å². The molecule has 62 heavy (non-hydrogen) atoms. The second-order valence-electron chi connectivity index (χ2n) is 15.9. The van der Waals surface area contributed by atoms with Gasteiger partial charge in [-0.2, -0.15) is 0 Å². The van der Waals surface area contributed by atoms with Gasteiger partial charge in [0.15, 0.2) is 17.5 Å². The third kappa shape index (κ3) is 4.76. The molecule has 5 aromatic heterocycles. The summed E-state index contributed by atoms with van der Waals surface area (Å²) in [6.07, 6.45) is 0. The molecule has 14 rings (SSSR count). The first kappa shape index (κ1) is 33.7. The monoisotopic (exact) mass is 810 g/mol. The Morgan fingerprint density at radius 3 is 1.84 bits per heavy atom. The van der Waals surface area contributed by atoms with E-state index in [1.807, 2.05) is 30.3 Å². The van der Waals surface area contributed by atoms with Crippen LogP contribution >= 0.6 is 11.3 Å². The lowest BCUT2D eigenvalue weighted by molar-refractivity contribution is 0.669. The highest BCUT2D eigenvalue weighted by Crippen LogP contribution is 2.45. The van der Waals surface area contributed by atoms with Crippen LogP contribution in [0.15, 0.2) is 191 Å². The SMILES string of the molecule is c1ccc2cc3c(cc2c1)c1ccccc1n3-c1c(-c2nc(-c3cccc4c3oc3ccccc34)nc(-c3cccc4c3sc3ccccc34)n2)ccc2oc3ccccc3c12. The van der Waals surface area contributed by atoms with Crippen LogP contribution in [0.2, 0.25) is 0 Å². The number of hydrogen-bond donors (Lipinski definition) is 0. The first-order valence-electron chi connectivity index (χ1n) is 20.7. The van der Waals surface area contributed by atoms with Crippen LogP contribution in [0.3, 0.4) is 0 Å². The molecule has 7 heteroatoms. The molecule has 288 valence electrons. The Balaban J connectivity index is 1.14. The fraction of sp³-hybridized carbons (Fsp3) is 0. The Labute approximate surface area is 356 Å². The minimum Gasteiger partial charge on any atom is -0.456 e. The molecule has 0 spiro atoms. The molecule has 0 N–H and O–H groups in total. The minimum absolute atomic E-state index is 0.532. The average molecular weight is 811 g/mol. The number of rotatable bonds is 4. The van der Waals surface area contributed by atoms with Crippen molar-refractivity contribution in [3.63, 3.8) is 0 Å². The van der Waals surface area contributed by atoms with Crippen LogP contribution in [-0.4, -0.2) is 19.5 Å². The van der Waals surface area contributed by atoms with Gasteiger partial charge >= 0.3 is 0 Å². The second kappa shape index (κ2) is 12.7. The van der Waals surface area contributed by atoms with Gasteiger partial charge in [0.05, 0.1) is 27.7 Å². The zero-order valence-electron chi connectivity index (χ0n) is 32.8. The summed E-state index contributed by atoms with van der Waals surface area (Å²) in [5.41, 5.74) is 8.86. The van der Waals surface area contributed by atoms with Crippen molar-refractivity contribution in [2.24, 2.45) is 0 Å². The molecule has 0 radical (unpaired) electrons.